The van der Waals surface area contributed by atoms with Gasteiger partial charge in [0.1, 0.15) is 0 Å². The minimum atomic E-state index is -1.09. The van der Waals surface area contributed by atoms with E-state index in [4.69, 9.17) is 5.11 Å². The molecule has 35 heavy (non-hydrogen) atoms. The van der Waals surface area contributed by atoms with E-state index in [1.54, 1.807) is 91.0 Å². The maximum absolute atomic E-state index is 12.3. The molecule has 4 aromatic rings. The first-order valence-corrected chi connectivity index (χ1v) is 10.6. The van der Waals surface area contributed by atoms with E-state index in [1.165, 1.54) is 19.2 Å². The number of methoxy groups -OCH3 is 1. The second-order valence-electron chi connectivity index (χ2n) is 7.28. The topological polar surface area (TPSA) is 97.7 Å². The normalized spacial score (nSPS) is 9.86. The van der Waals surface area contributed by atoms with Gasteiger partial charge in [0, 0.05) is 22.3 Å². The Morgan fingerprint density at radius 2 is 0.857 bits per heavy atom. The third-order valence-corrected chi connectivity index (χ3v) is 5.05. The Labute approximate surface area is 202 Å². The first kappa shape index (κ1) is 24.8. The summed E-state index contributed by atoms with van der Waals surface area (Å²) in [5, 5.41) is 9.01. The monoisotopic (exact) mass is 466 g/mol. The van der Waals surface area contributed by atoms with Crippen molar-refractivity contribution in [2.45, 2.75) is 0 Å². The molecule has 0 atom stereocenters. The van der Waals surface area contributed by atoms with Crippen LogP contribution in [-0.4, -0.2) is 35.7 Å². The summed E-state index contributed by atoms with van der Waals surface area (Å²) in [6, 6.07) is 30.3. The van der Waals surface area contributed by atoms with Crippen molar-refractivity contribution >= 4 is 23.5 Å². The van der Waals surface area contributed by atoms with Gasteiger partial charge in [-0.1, -0.05) is 97.1 Å². The number of aromatic carboxylic acids is 1. The van der Waals surface area contributed by atoms with Gasteiger partial charge in [-0.15, -0.1) is 0 Å². The maximum atomic E-state index is 12.3. The van der Waals surface area contributed by atoms with Crippen molar-refractivity contribution in [3.8, 4) is 0 Å². The summed E-state index contributed by atoms with van der Waals surface area (Å²) >= 11 is 0. The molecule has 6 heteroatoms. The Morgan fingerprint density at radius 1 is 0.514 bits per heavy atom. The van der Waals surface area contributed by atoms with Crippen molar-refractivity contribution in [1.29, 1.82) is 0 Å². The lowest BCUT2D eigenvalue weighted by molar-refractivity contribution is 0.0596. The molecule has 0 bridgehead atoms. The van der Waals surface area contributed by atoms with Gasteiger partial charge in [0.05, 0.1) is 18.2 Å². The summed E-state index contributed by atoms with van der Waals surface area (Å²) in [4.78, 5) is 47.0. The molecule has 174 valence electrons. The van der Waals surface area contributed by atoms with Crippen molar-refractivity contribution < 1.29 is 29.0 Å². The average molecular weight is 466 g/mol. The van der Waals surface area contributed by atoms with Gasteiger partial charge in [-0.25, -0.2) is 9.59 Å². The third-order valence-electron chi connectivity index (χ3n) is 5.05. The molecule has 0 aromatic heterocycles. The highest BCUT2D eigenvalue weighted by atomic mass is 16.5. The van der Waals surface area contributed by atoms with Crippen LogP contribution in [0.4, 0.5) is 0 Å². The second kappa shape index (κ2) is 11.9. The van der Waals surface area contributed by atoms with Crippen LogP contribution in [0.2, 0.25) is 0 Å². The lowest BCUT2D eigenvalue weighted by Gasteiger charge is -2.06. The SMILES string of the molecule is COC(=O)c1ccccc1C(=O)c1ccccc1.O=C(O)c1ccccc1C(=O)c1ccccc1. The molecule has 0 spiro atoms. The predicted octanol–water partition coefficient (Wildman–Crippen LogP) is 5.32. The van der Waals surface area contributed by atoms with E-state index < -0.39 is 11.9 Å². The number of esters is 1. The number of hydrogen-bond acceptors (Lipinski definition) is 5. The quantitative estimate of drug-likeness (QED) is 0.305. The van der Waals surface area contributed by atoms with E-state index in [9.17, 15) is 19.2 Å². The van der Waals surface area contributed by atoms with Gasteiger partial charge in [-0.05, 0) is 12.1 Å². The van der Waals surface area contributed by atoms with Gasteiger partial charge in [-0.3, -0.25) is 9.59 Å². The number of hydrogen-bond donors (Lipinski definition) is 1. The molecule has 1 N–H and O–H groups in total. The lowest BCUT2D eigenvalue weighted by Crippen LogP contribution is -2.11. The Morgan fingerprint density at radius 3 is 1.26 bits per heavy atom. The molecule has 0 unspecified atom stereocenters. The summed E-state index contributed by atoms with van der Waals surface area (Å²) in [7, 11) is 1.30. The smallest absolute Gasteiger partial charge is 0.338 e. The number of ketones is 2. The van der Waals surface area contributed by atoms with E-state index in [0.717, 1.165) is 0 Å². The molecule has 6 nitrogen and oxygen atoms in total. The van der Waals surface area contributed by atoms with Crippen LogP contribution in [0, 0.1) is 0 Å². The minimum absolute atomic E-state index is 0.0290. The van der Waals surface area contributed by atoms with Gasteiger partial charge in [0.15, 0.2) is 11.6 Å². The third kappa shape index (κ3) is 6.15. The highest BCUT2D eigenvalue weighted by Gasteiger charge is 2.18. The molecule has 0 saturated heterocycles. The highest BCUT2D eigenvalue weighted by Crippen LogP contribution is 2.16. The van der Waals surface area contributed by atoms with Crippen LogP contribution in [0.1, 0.15) is 52.6 Å². The molecular formula is C29H22O6. The number of benzene rings is 4. The van der Waals surface area contributed by atoms with Gasteiger partial charge < -0.3 is 9.84 Å². The van der Waals surface area contributed by atoms with E-state index >= 15 is 0 Å². The summed E-state index contributed by atoms with van der Waals surface area (Å²) in [5.41, 5.74) is 1.92. The molecule has 0 radical (unpaired) electrons. The summed E-state index contributed by atoms with van der Waals surface area (Å²) in [6.45, 7) is 0. The van der Waals surface area contributed by atoms with Crippen LogP contribution >= 0.6 is 0 Å². The predicted molar refractivity (Wildman–Crippen MR) is 131 cm³/mol. The molecule has 0 aliphatic rings. The van der Waals surface area contributed by atoms with Crippen LogP contribution in [-0.2, 0) is 4.74 Å². The molecule has 0 aliphatic heterocycles. The van der Waals surface area contributed by atoms with Gasteiger partial charge in [0.2, 0.25) is 0 Å². The highest BCUT2D eigenvalue weighted by molar-refractivity contribution is 6.15. The van der Waals surface area contributed by atoms with Crippen molar-refractivity contribution in [2.75, 3.05) is 7.11 Å². The van der Waals surface area contributed by atoms with E-state index in [1.807, 2.05) is 6.07 Å². The molecule has 4 rings (SSSR count). The van der Waals surface area contributed by atoms with Gasteiger partial charge >= 0.3 is 11.9 Å². The largest absolute Gasteiger partial charge is 0.478 e. The van der Waals surface area contributed by atoms with Crippen LogP contribution in [0.5, 0.6) is 0 Å². The fourth-order valence-electron chi connectivity index (χ4n) is 3.33. The van der Waals surface area contributed by atoms with Crippen LogP contribution in [0.15, 0.2) is 109 Å². The molecule has 0 amide bonds. The summed E-state index contributed by atoms with van der Waals surface area (Å²) < 4.78 is 4.67. The van der Waals surface area contributed by atoms with Crippen molar-refractivity contribution in [3.63, 3.8) is 0 Å². The molecular weight excluding hydrogens is 444 g/mol. The van der Waals surface area contributed by atoms with Gasteiger partial charge in [-0.2, -0.15) is 0 Å². The summed E-state index contributed by atoms with van der Waals surface area (Å²) in [5.74, 6) is -2.06. The van der Waals surface area contributed by atoms with Crippen LogP contribution in [0.25, 0.3) is 0 Å². The zero-order valence-corrected chi connectivity index (χ0v) is 18.9. The molecule has 0 heterocycles. The van der Waals surface area contributed by atoms with Crippen molar-refractivity contribution in [2.24, 2.45) is 0 Å². The summed E-state index contributed by atoms with van der Waals surface area (Å²) in [6.07, 6.45) is 0. The molecule has 0 aliphatic carbocycles. The first-order valence-electron chi connectivity index (χ1n) is 10.6. The second-order valence-corrected chi connectivity index (χ2v) is 7.28. The zero-order chi connectivity index (χ0) is 25.2. The number of carbonyl (C=O) groups excluding carboxylic acids is 3. The van der Waals surface area contributed by atoms with E-state index in [0.29, 0.717) is 16.7 Å². The van der Waals surface area contributed by atoms with E-state index in [2.05, 4.69) is 4.74 Å². The van der Waals surface area contributed by atoms with Crippen LogP contribution < -0.4 is 0 Å². The Kier molecular flexibility index (Phi) is 8.40. The minimum Gasteiger partial charge on any atom is -0.478 e. The van der Waals surface area contributed by atoms with E-state index in [-0.39, 0.29) is 28.3 Å². The first-order chi connectivity index (χ1) is 16.9. The molecule has 4 aromatic carbocycles. The number of ether oxygens (including phenoxy) is 1. The number of rotatable bonds is 6. The molecule has 0 fully saturated rings. The fourth-order valence-corrected chi connectivity index (χ4v) is 3.33. The standard InChI is InChI=1S/C15H12O3.C14H10O3/c1-18-15(17)13-10-6-5-9-12(13)14(16)11-7-3-2-4-8-11;15-13(10-6-2-1-3-7-10)11-8-4-5-9-12(11)14(16)17/h2-10H,1H3;1-9H,(H,16,17). The Balaban J connectivity index is 0.000000196. The number of carboxylic acid groups (broad SMARTS) is 1. The number of carboxylic acids is 1. The average Bonchev–Trinajstić information content (AvgIpc) is 2.93. The molecule has 0 saturated carbocycles. The lowest BCUT2D eigenvalue weighted by atomic mass is 9.98. The fraction of sp³-hybridized carbons (Fsp3) is 0.0345. The number of carbonyl (C=O) groups is 4. The van der Waals surface area contributed by atoms with Crippen LogP contribution in [0.3, 0.4) is 0 Å². The van der Waals surface area contributed by atoms with Crippen molar-refractivity contribution in [3.05, 3.63) is 143 Å². The Hall–Kier alpha value is -4.84. The van der Waals surface area contributed by atoms with Gasteiger partial charge in [0.25, 0.3) is 0 Å². The zero-order valence-electron chi connectivity index (χ0n) is 18.9. The Bertz CT molecular complexity index is 1340. The maximum Gasteiger partial charge on any atom is 0.338 e. The van der Waals surface area contributed by atoms with Crippen molar-refractivity contribution in [1.82, 2.24) is 0 Å².